The lowest BCUT2D eigenvalue weighted by Gasteiger charge is -2.37. The van der Waals surface area contributed by atoms with E-state index in [0.717, 1.165) is 19.5 Å². The van der Waals surface area contributed by atoms with E-state index in [1.54, 1.807) is 26.0 Å². The number of carbonyl (C=O) groups is 1. The van der Waals surface area contributed by atoms with Crippen LogP contribution < -0.4 is 9.80 Å². The Morgan fingerprint density at radius 3 is 2.41 bits per heavy atom. The number of benzene rings is 1. The smallest absolute Gasteiger partial charge is 0.243 e. The third-order valence-electron chi connectivity index (χ3n) is 5.79. The summed E-state index contributed by atoms with van der Waals surface area (Å²) in [6.45, 7) is 9.50. The maximum Gasteiger partial charge on any atom is 0.243 e. The maximum absolute atomic E-state index is 15.1. The molecule has 1 aromatic heterocycles. The first-order valence-corrected chi connectivity index (χ1v) is 10.5. The van der Waals surface area contributed by atoms with Crippen molar-refractivity contribution in [2.75, 3.05) is 22.9 Å². The van der Waals surface area contributed by atoms with E-state index in [9.17, 15) is 4.79 Å². The van der Waals surface area contributed by atoms with Gasteiger partial charge in [-0.2, -0.15) is 4.98 Å². The number of carbonyl (C=O) groups excluding carboxylic acids is 1. The summed E-state index contributed by atoms with van der Waals surface area (Å²) >= 11 is 12.2. The fraction of sp³-hybridized carbons (Fsp3) is 0.476. The molecule has 3 heterocycles. The summed E-state index contributed by atoms with van der Waals surface area (Å²) in [5.41, 5.74) is 0.505. The summed E-state index contributed by atoms with van der Waals surface area (Å²) in [6.07, 6.45) is 1.14. The van der Waals surface area contributed by atoms with Crippen molar-refractivity contribution in [3.05, 3.63) is 40.0 Å². The Balaban J connectivity index is 1.75. The van der Waals surface area contributed by atoms with Gasteiger partial charge < -0.3 is 4.90 Å². The Bertz CT molecular complexity index is 987. The van der Waals surface area contributed by atoms with Gasteiger partial charge in [0.25, 0.3) is 0 Å². The largest absolute Gasteiger partial charge is 0.369 e. The highest BCUT2D eigenvalue weighted by molar-refractivity contribution is 6.34. The Morgan fingerprint density at radius 2 is 1.79 bits per heavy atom. The van der Waals surface area contributed by atoms with Gasteiger partial charge in [0.1, 0.15) is 11.0 Å². The topological polar surface area (TPSA) is 49.3 Å². The molecule has 2 aliphatic heterocycles. The molecule has 0 bridgehead atoms. The van der Waals surface area contributed by atoms with Crippen molar-refractivity contribution in [2.45, 2.75) is 39.5 Å². The second-order valence-electron chi connectivity index (χ2n) is 8.73. The molecule has 2 aromatic rings. The van der Waals surface area contributed by atoms with Crippen LogP contribution in [0, 0.1) is 17.7 Å². The number of fused-ring (bicyclic) bond motifs is 1. The minimum Gasteiger partial charge on any atom is -0.369 e. The highest BCUT2D eigenvalue weighted by Gasteiger charge is 2.48. The van der Waals surface area contributed by atoms with E-state index in [4.69, 9.17) is 23.2 Å². The van der Waals surface area contributed by atoms with Gasteiger partial charge in [0.05, 0.1) is 16.8 Å². The molecule has 0 saturated carbocycles. The van der Waals surface area contributed by atoms with E-state index >= 15 is 4.39 Å². The molecule has 8 heteroatoms. The molecule has 1 aromatic carbocycles. The predicted octanol–water partition coefficient (Wildman–Crippen LogP) is 5.36. The molecule has 154 valence electrons. The van der Waals surface area contributed by atoms with Crippen LogP contribution in [0.4, 0.5) is 21.6 Å². The van der Waals surface area contributed by atoms with Crippen LogP contribution in [0.3, 0.4) is 0 Å². The van der Waals surface area contributed by atoms with Gasteiger partial charge in [-0.3, -0.25) is 9.69 Å². The molecule has 0 aliphatic carbocycles. The van der Waals surface area contributed by atoms with Crippen LogP contribution in [0.15, 0.2) is 18.2 Å². The SMILES string of the molecule is C[C@@H]1C[C@H](C)CN(c2ccc(N3C(=O)C(C)(C)c4c(Cl)nc(Cl)nc43)cc2F)C1. The zero-order valence-electron chi connectivity index (χ0n) is 16.8. The zero-order valence-corrected chi connectivity index (χ0v) is 18.4. The quantitative estimate of drug-likeness (QED) is 0.469. The first-order chi connectivity index (χ1) is 13.6. The Hall–Kier alpha value is -1.92. The molecule has 0 spiro atoms. The fourth-order valence-corrected chi connectivity index (χ4v) is 5.18. The summed E-state index contributed by atoms with van der Waals surface area (Å²) in [6, 6.07) is 4.86. The standard InChI is InChI=1S/C21H23Cl2FN4O/c1-11-7-12(2)10-27(9-11)15-6-5-13(8-14(15)24)28-18-16(21(3,4)19(28)29)17(22)25-20(23)26-18/h5-6,8,11-12H,7,9-10H2,1-4H3/t11-,12+. The highest BCUT2D eigenvalue weighted by Crippen LogP contribution is 2.47. The number of anilines is 3. The zero-order chi connectivity index (χ0) is 21.1. The van der Waals surface area contributed by atoms with Crippen LogP contribution in [0.25, 0.3) is 0 Å². The van der Waals surface area contributed by atoms with Gasteiger partial charge in [0.2, 0.25) is 11.2 Å². The van der Waals surface area contributed by atoms with Crippen molar-refractivity contribution in [1.82, 2.24) is 9.97 Å². The molecule has 2 aliphatic rings. The average Bonchev–Trinajstić information content (AvgIpc) is 2.79. The number of rotatable bonds is 2. The molecule has 1 amide bonds. The average molecular weight is 437 g/mol. The Morgan fingerprint density at radius 1 is 1.14 bits per heavy atom. The van der Waals surface area contributed by atoms with E-state index < -0.39 is 5.41 Å². The third kappa shape index (κ3) is 3.36. The van der Waals surface area contributed by atoms with Gasteiger partial charge in [-0.15, -0.1) is 0 Å². The molecule has 1 saturated heterocycles. The molecule has 0 radical (unpaired) electrons. The van der Waals surface area contributed by atoms with Crippen molar-refractivity contribution < 1.29 is 9.18 Å². The normalized spacial score (nSPS) is 23.5. The summed E-state index contributed by atoms with van der Waals surface area (Å²) in [5, 5.41) is 0.0758. The number of halogens is 3. The number of aromatic nitrogens is 2. The lowest BCUT2D eigenvalue weighted by molar-refractivity contribution is -0.121. The lowest BCUT2D eigenvalue weighted by atomic mass is 9.88. The molecule has 0 unspecified atom stereocenters. The molecule has 2 atom stereocenters. The molecule has 1 fully saturated rings. The minimum atomic E-state index is -0.941. The van der Waals surface area contributed by atoms with E-state index in [1.165, 1.54) is 11.0 Å². The molecule has 5 nitrogen and oxygen atoms in total. The Kier molecular flexibility index (Phi) is 4.98. The van der Waals surface area contributed by atoms with Crippen LogP contribution in [-0.4, -0.2) is 29.0 Å². The van der Waals surface area contributed by atoms with E-state index in [2.05, 4.69) is 28.7 Å². The maximum atomic E-state index is 15.1. The minimum absolute atomic E-state index is 0.0577. The summed E-state index contributed by atoms with van der Waals surface area (Å²) in [4.78, 5) is 24.8. The summed E-state index contributed by atoms with van der Waals surface area (Å²) in [7, 11) is 0. The lowest BCUT2D eigenvalue weighted by Crippen LogP contribution is -2.39. The van der Waals surface area contributed by atoms with Crippen LogP contribution in [0.5, 0.6) is 0 Å². The third-order valence-corrected chi connectivity index (χ3v) is 6.23. The van der Waals surface area contributed by atoms with Crippen molar-refractivity contribution >= 4 is 46.3 Å². The fourth-order valence-electron chi connectivity index (χ4n) is 4.57. The van der Waals surface area contributed by atoms with Crippen LogP contribution in [0.1, 0.15) is 39.7 Å². The number of piperidine rings is 1. The number of amides is 1. The predicted molar refractivity (Wildman–Crippen MR) is 114 cm³/mol. The summed E-state index contributed by atoms with van der Waals surface area (Å²) in [5.74, 6) is 0.697. The van der Waals surface area contributed by atoms with E-state index in [-0.39, 0.29) is 22.2 Å². The van der Waals surface area contributed by atoms with Gasteiger partial charge >= 0.3 is 0 Å². The molecular weight excluding hydrogens is 414 g/mol. The number of hydrogen-bond acceptors (Lipinski definition) is 4. The summed E-state index contributed by atoms with van der Waals surface area (Å²) < 4.78 is 15.1. The van der Waals surface area contributed by atoms with Crippen LogP contribution in [0.2, 0.25) is 10.4 Å². The van der Waals surface area contributed by atoms with Crippen molar-refractivity contribution in [3.63, 3.8) is 0 Å². The second kappa shape index (κ2) is 7.10. The van der Waals surface area contributed by atoms with Gasteiger partial charge in [0.15, 0.2) is 5.82 Å². The van der Waals surface area contributed by atoms with E-state index in [1.807, 2.05) is 0 Å². The van der Waals surface area contributed by atoms with Gasteiger partial charge in [-0.25, -0.2) is 9.37 Å². The molecule has 29 heavy (non-hydrogen) atoms. The molecule has 0 N–H and O–H groups in total. The number of hydrogen-bond donors (Lipinski definition) is 0. The molecular formula is C21H23Cl2FN4O. The van der Waals surface area contributed by atoms with Crippen LogP contribution in [-0.2, 0) is 10.2 Å². The molecule has 4 rings (SSSR count). The van der Waals surface area contributed by atoms with Gasteiger partial charge in [-0.1, -0.05) is 25.4 Å². The highest BCUT2D eigenvalue weighted by atomic mass is 35.5. The first-order valence-electron chi connectivity index (χ1n) is 9.72. The number of nitrogens with zero attached hydrogens (tertiary/aromatic N) is 4. The monoisotopic (exact) mass is 436 g/mol. The van der Waals surface area contributed by atoms with Crippen molar-refractivity contribution in [3.8, 4) is 0 Å². The van der Waals surface area contributed by atoms with Crippen LogP contribution >= 0.6 is 23.2 Å². The first kappa shape index (κ1) is 20.4. The second-order valence-corrected chi connectivity index (χ2v) is 9.43. The van der Waals surface area contributed by atoms with Crippen molar-refractivity contribution in [2.24, 2.45) is 11.8 Å². The van der Waals surface area contributed by atoms with Gasteiger partial charge in [-0.05, 0) is 55.8 Å². The Labute approximate surface area is 179 Å². The van der Waals surface area contributed by atoms with Crippen molar-refractivity contribution in [1.29, 1.82) is 0 Å². The van der Waals surface area contributed by atoms with Gasteiger partial charge in [0, 0.05) is 24.7 Å². The van der Waals surface area contributed by atoms with E-state index in [0.29, 0.717) is 34.6 Å².